The summed E-state index contributed by atoms with van der Waals surface area (Å²) in [4.78, 5) is 58.0. The monoisotopic (exact) mass is 722 g/mol. The molecule has 0 saturated heterocycles. The van der Waals surface area contributed by atoms with Crippen LogP contribution in [0, 0.1) is 0 Å². The van der Waals surface area contributed by atoms with Crippen LogP contribution in [0.25, 0.3) is 0 Å². The highest BCUT2D eigenvalue weighted by molar-refractivity contribution is 5.94. The minimum Gasteiger partial charge on any atom is -0.489 e. The summed E-state index contributed by atoms with van der Waals surface area (Å²) in [7, 11) is 0. The summed E-state index contributed by atoms with van der Waals surface area (Å²) >= 11 is 0. The van der Waals surface area contributed by atoms with Crippen molar-refractivity contribution in [1.29, 1.82) is 0 Å². The Kier molecular flexibility index (Phi) is 11.5. The van der Waals surface area contributed by atoms with E-state index in [-0.39, 0.29) is 77.2 Å². The lowest BCUT2D eigenvalue weighted by atomic mass is 9.99. The molecule has 270 valence electrons. The summed E-state index contributed by atoms with van der Waals surface area (Å²) in [6, 6.07) is 24.3. The molecule has 0 spiro atoms. The van der Waals surface area contributed by atoms with Crippen molar-refractivity contribution >= 4 is 29.8 Å². The molecule has 0 aliphatic heterocycles. The molecular weight excluding hydrogens is 692 g/mol. The van der Waals surface area contributed by atoms with Gasteiger partial charge in [-0.25, -0.2) is 24.0 Å². The maximum atomic E-state index is 11.7. The van der Waals surface area contributed by atoms with Crippen LogP contribution in [0.3, 0.4) is 0 Å². The van der Waals surface area contributed by atoms with Crippen LogP contribution in [-0.2, 0) is 26.4 Å². The Balaban J connectivity index is 1.54. The lowest BCUT2D eigenvalue weighted by molar-refractivity contribution is 0.0679. The third kappa shape index (κ3) is 9.88. The number of benzene rings is 5. The Labute approximate surface area is 300 Å². The molecule has 5 aromatic rings. The summed E-state index contributed by atoms with van der Waals surface area (Å²) in [5.74, 6) is -5.46. The van der Waals surface area contributed by atoms with Gasteiger partial charge in [-0.2, -0.15) is 0 Å². The van der Waals surface area contributed by atoms with Gasteiger partial charge in [0.15, 0.2) is 0 Å². The van der Waals surface area contributed by atoms with Crippen molar-refractivity contribution in [3.05, 3.63) is 153 Å². The van der Waals surface area contributed by atoms with Gasteiger partial charge in [0.1, 0.15) is 49.4 Å². The fourth-order valence-corrected chi connectivity index (χ4v) is 5.06. The third-order valence-electron chi connectivity index (χ3n) is 7.74. The Morgan fingerprint density at radius 3 is 0.887 bits per heavy atom. The summed E-state index contributed by atoms with van der Waals surface area (Å²) in [5, 5.41) is 47.4. The first-order chi connectivity index (χ1) is 25.4. The van der Waals surface area contributed by atoms with Crippen LogP contribution < -0.4 is 18.9 Å². The molecule has 0 aromatic heterocycles. The Morgan fingerprint density at radius 2 is 0.604 bits per heavy atom. The molecule has 0 aliphatic rings. The average Bonchev–Trinajstić information content (AvgIpc) is 3.15. The number of rotatable bonds is 17. The van der Waals surface area contributed by atoms with Gasteiger partial charge in [-0.15, -0.1) is 0 Å². The predicted octanol–water partition coefficient (Wildman–Crippen LogP) is 6.49. The van der Waals surface area contributed by atoms with Gasteiger partial charge in [-0.3, -0.25) is 0 Å². The molecule has 53 heavy (non-hydrogen) atoms. The van der Waals surface area contributed by atoms with Crippen LogP contribution in [-0.4, -0.2) is 55.4 Å². The zero-order chi connectivity index (χ0) is 38.1. The zero-order valence-electron chi connectivity index (χ0n) is 27.6. The van der Waals surface area contributed by atoms with Gasteiger partial charge in [-0.1, -0.05) is 18.2 Å². The molecular formula is C39H30O14. The summed E-state index contributed by atoms with van der Waals surface area (Å²) in [6.07, 6.45) is 0. The first kappa shape index (κ1) is 36.9. The lowest BCUT2D eigenvalue weighted by Gasteiger charge is -2.19. The van der Waals surface area contributed by atoms with E-state index in [9.17, 15) is 49.5 Å². The topological polar surface area (TPSA) is 223 Å². The number of aromatic carboxylic acids is 5. The van der Waals surface area contributed by atoms with Gasteiger partial charge >= 0.3 is 29.8 Å². The minimum absolute atomic E-state index is 0.00208. The summed E-state index contributed by atoms with van der Waals surface area (Å²) < 4.78 is 23.9. The second-order valence-corrected chi connectivity index (χ2v) is 11.4. The molecule has 14 nitrogen and oxygen atoms in total. The quantitative estimate of drug-likeness (QED) is 0.0692. The molecule has 0 unspecified atom stereocenters. The average molecular weight is 723 g/mol. The Morgan fingerprint density at radius 1 is 0.340 bits per heavy atom. The fraction of sp³-hybridized carbons (Fsp3) is 0.103. The van der Waals surface area contributed by atoms with Gasteiger partial charge < -0.3 is 44.5 Å². The van der Waals surface area contributed by atoms with Crippen LogP contribution in [0.15, 0.2) is 103 Å². The van der Waals surface area contributed by atoms with Crippen molar-refractivity contribution < 1.29 is 68.5 Å². The van der Waals surface area contributed by atoms with Crippen molar-refractivity contribution in [1.82, 2.24) is 0 Å². The van der Waals surface area contributed by atoms with Crippen molar-refractivity contribution in [3.8, 4) is 23.0 Å². The van der Waals surface area contributed by atoms with E-state index < -0.39 is 29.8 Å². The number of carbonyl (C=O) groups is 5. The molecule has 5 rings (SSSR count). The van der Waals surface area contributed by atoms with Crippen molar-refractivity contribution in [2.45, 2.75) is 26.4 Å². The van der Waals surface area contributed by atoms with E-state index >= 15 is 0 Å². The van der Waals surface area contributed by atoms with E-state index in [1.807, 2.05) is 0 Å². The molecule has 0 radical (unpaired) electrons. The molecule has 0 bridgehead atoms. The van der Waals surface area contributed by atoms with Gasteiger partial charge in [0, 0.05) is 0 Å². The molecule has 0 fully saturated rings. The predicted molar refractivity (Wildman–Crippen MR) is 184 cm³/mol. The van der Waals surface area contributed by atoms with Crippen LogP contribution in [0.4, 0.5) is 0 Å². The Bertz CT molecular complexity index is 2170. The second kappa shape index (κ2) is 16.6. The van der Waals surface area contributed by atoms with E-state index in [0.29, 0.717) is 22.3 Å². The molecule has 14 heteroatoms. The highest BCUT2D eigenvalue weighted by Crippen LogP contribution is 2.27. The third-order valence-corrected chi connectivity index (χ3v) is 7.74. The van der Waals surface area contributed by atoms with E-state index in [0.717, 1.165) is 6.07 Å². The number of carboxylic acids is 5. The highest BCUT2D eigenvalue weighted by atomic mass is 16.5. The molecule has 0 saturated carbocycles. The van der Waals surface area contributed by atoms with E-state index in [1.54, 1.807) is 30.3 Å². The summed E-state index contributed by atoms with van der Waals surface area (Å²) in [5.41, 5.74) is 1.45. The SMILES string of the molecule is O=C(O)c1cccc(OCc2cc(COc3cccc(C(=O)O)c3)c(COc3cc(C(=O)O)cc(C(=O)O)c3)cc2COc2cccc(C(=O)O)c2)c1. The number of hydrogen-bond acceptors (Lipinski definition) is 9. The second-order valence-electron chi connectivity index (χ2n) is 11.4. The van der Waals surface area contributed by atoms with Gasteiger partial charge in [0.2, 0.25) is 0 Å². The normalized spacial score (nSPS) is 10.6. The molecule has 5 N–H and O–H groups in total. The number of ether oxygens (including phenoxy) is 4. The summed E-state index contributed by atoms with van der Waals surface area (Å²) in [6.45, 7) is -0.550. The lowest BCUT2D eigenvalue weighted by Crippen LogP contribution is -2.11. The first-order valence-electron chi connectivity index (χ1n) is 15.6. The number of carboxylic acid groups (broad SMARTS) is 5. The molecule has 0 atom stereocenters. The largest absolute Gasteiger partial charge is 0.489 e. The van der Waals surface area contributed by atoms with E-state index in [2.05, 4.69) is 0 Å². The van der Waals surface area contributed by atoms with Crippen molar-refractivity contribution in [3.63, 3.8) is 0 Å². The molecule has 5 aromatic carbocycles. The van der Waals surface area contributed by atoms with E-state index in [4.69, 9.17) is 18.9 Å². The van der Waals surface area contributed by atoms with Crippen molar-refractivity contribution in [2.24, 2.45) is 0 Å². The highest BCUT2D eigenvalue weighted by Gasteiger charge is 2.17. The fourth-order valence-electron chi connectivity index (χ4n) is 5.06. The van der Waals surface area contributed by atoms with Crippen LogP contribution in [0.1, 0.15) is 74.0 Å². The smallest absolute Gasteiger partial charge is 0.335 e. The molecule has 0 amide bonds. The van der Waals surface area contributed by atoms with Gasteiger partial charge in [-0.05, 0) is 107 Å². The Hall–Kier alpha value is -7.35. The maximum Gasteiger partial charge on any atom is 0.335 e. The van der Waals surface area contributed by atoms with Gasteiger partial charge in [0.25, 0.3) is 0 Å². The van der Waals surface area contributed by atoms with E-state index in [1.165, 1.54) is 66.7 Å². The van der Waals surface area contributed by atoms with Crippen molar-refractivity contribution in [2.75, 3.05) is 0 Å². The van der Waals surface area contributed by atoms with Crippen LogP contribution in [0.2, 0.25) is 0 Å². The van der Waals surface area contributed by atoms with Crippen LogP contribution in [0.5, 0.6) is 23.0 Å². The first-order valence-corrected chi connectivity index (χ1v) is 15.6. The van der Waals surface area contributed by atoms with Gasteiger partial charge in [0.05, 0.1) is 27.8 Å². The van der Waals surface area contributed by atoms with Crippen LogP contribution >= 0.6 is 0 Å². The number of hydrogen-bond donors (Lipinski definition) is 5. The molecule has 0 heterocycles. The minimum atomic E-state index is -1.36. The molecule has 0 aliphatic carbocycles. The standard InChI is InChI=1S/C39H30O14/c40-35(41)22-4-1-7-31(13-22)50-18-27-11-29(20-52-33-9-3-6-24(15-33)37(44)45)30(12-28(27)19-51-32-8-2-5-23(14-32)36(42)43)21-53-34-16-25(38(46)47)10-26(17-34)39(48)49/h1-17H,18-21H2,(H,40,41)(H,42,43)(H,44,45)(H,46,47)(H,48,49). The zero-order valence-corrected chi connectivity index (χ0v) is 27.6. The maximum absolute atomic E-state index is 11.7.